The molecule has 25 heavy (non-hydrogen) atoms. The van der Waals surface area contributed by atoms with Crippen molar-refractivity contribution in [1.29, 1.82) is 0 Å². The van der Waals surface area contributed by atoms with Gasteiger partial charge < -0.3 is 10.2 Å². The summed E-state index contributed by atoms with van der Waals surface area (Å²) in [6.45, 7) is 2.13. The van der Waals surface area contributed by atoms with Crippen LogP contribution >= 0.6 is 0 Å². The van der Waals surface area contributed by atoms with E-state index in [0.717, 1.165) is 0 Å². The summed E-state index contributed by atoms with van der Waals surface area (Å²) in [6.07, 6.45) is -10.4. The van der Waals surface area contributed by atoms with E-state index in [1.54, 1.807) is 0 Å². The Hall–Kier alpha value is -0.680. The molecular weight excluding hydrogens is 414 g/mol. The molecule has 0 bridgehead atoms. The number of rotatable bonds is 3. The van der Waals surface area contributed by atoms with Gasteiger partial charge in [-0.2, -0.15) is 43.2 Å². The van der Waals surface area contributed by atoms with Crippen LogP contribution in [0.3, 0.4) is 0 Å². The third-order valence-electron chi connectivity index (χ3n) is 2.08. The molecule has 16 heteroatoms. The molecular formula is C9H18F6O8S2. The normalized spacial score (nSPS) is 16.5. The number of hydrogen-bond acceptors (Lipinski definition) is 6. The van der Waals surface area contributed by atoms with Gasteiger partial charge in [-0.15, -0.1) is 0 Å². The van der Waals surface area contributed by atoms with Crippen molar-refractivity contribution in [2.45, 2.75) is 49.7 Å². The Morgan fingerprint density at radius 2 is 0.920 bits per heavy atom. The maximum Gasteiger partial charge on any atom is 0.407 e. The lowest BCUT2D eigenvalue weighted by molar-refractivity contribution is -0.129. The Bertz CT molecular complexity index is 518. The molecule has 0 spiro atoms. The number of halogens is 6. The molecule has 8 nitrogen and oxygen atoms in total. The van der Waals surface area contributed by atoms with Crippen molar-refractivity contribution >= 4 is 20.2 Å². The third-order valence-corrected chi connectivity index (χ3v) is 4.40. The van der Waals surface area contributed by atoms with Gasteiger partial charge in [-0.3, -0.25) is 9.11 Å². The maximum atomic E-state index is 11.4. The third kappa shape index (κ3) is 16.5. The molecule has 0 aliphatic carbocycles. The average molecular weight is 432 g/mol. The minimum atomic E-state index is -4.99. The molecule has 0 saturated carbocycles. The van der Waals surface area contributed by atoms with Gasteiger partial charge in [0.05, 0.1) is 12.7 Å². The molecule has 156 valence electrons. The Kier molecular flexibility index (Phi) is 12.2. The molecule has 0 aromatic rings. The largest absolute Gasteiger partial charge is 0.407 e. The highest BCUT2D eigenvalue weighted by molar-refractivity contribution is 7.86. The van der Waals surface area contributed by atoms with E-state index in [0.29, 0.717) is 13.8 Å². The zero-order chi connectivity index (χ0) is 21.4. The van der Waals surface area contributed by atoms with E-state index in [9.17, 15) is 43.2 Å². The molecule has 0 aliphatic heterocycles. The fourth-order valence-corrected chi connectivity index (χ4v) is 1.01. The highest BCUT2D eigenvalue weighted by Crippen LogP contribution is 2.25. The van der Waals surface area contributed by atoms with E-state index < -0.39 is 49.2 Å². The zero-order valence-electron chi connectivity index (χ0n) is 12.9. The molecule has 0 heterocycles. The molecule has 0 aliphatic rings. The molecule has 0 radical (unpaired) electrons. The molecule has 0 saturated heterocycles. The van der Waals surface area contributed by atoms with Crippen LogP contribution in [0.2, 0.25) is 0 Å². The smallest absolute Gasteiger partial charge is 0.394 e. The summed E-state index contributed by atoms with van der Waals surface area (Å²) < 4.78 is 123. The molecule has 0 fully saturated rings. The van der Waals surface area contributed by atoms with Crippen LogP contribution in [0.25, 0.3) is 0 Å². The first-order chi connectivity index (χ1) is 10.6. The van der Waals surface area contributed by atoms with Crippen LogP contribution in [0, 0.1) is 0 Å². The zero-order valence-corrected chi connectivity index (χ0v) is 14.6. The average Bonchev–Trinajstić information content (AvgIpc) is 2.34. The van der Waals surface area contributed by atoms with E-state index in [1.807, 2.05) is 0 Å². The van der Waals surface area contributed by atoms with Crippen molar-refractivity contribution in [2.24, 2.45) is 0 Å². The summed E-state index contributed by atoms with van der Waals surface area (Å²) in [5.74, 6) is 0. The summed E-state index contributed by atoms with van der Waals surface area (Å²) in [4.78, 5) is 0. The minimum Gasteiger partial charge on any atom is -0.394 e. The summed E-state index contributed by atoms with van der Waals surface area (Å²) >= 11 is 0. The number of hydrogen-bond donors (Lipinski definition) is 4. The molecule has 3 atom stereocenters. The lowest BCUT2D eigenvalue weighted by Crippen LogP contribution is -2.33. The molecule has 0 amide bonds. The van der Waals surface area contributed by atoms with Crippen molar-refractivity contribution in [3.8, 4) is 0 Å². The Labute approximate surface area is 140 Å². The van der Waals surface area contributed by atoms with Crippen LogP contribution in [0.1, 0.15) is 20.8 Å². The molecule has 3 unspecified atom stereocenters. The number of alkyl halides is 6. The van der Waals surface area contributed by atoms with Gasteiger partial charge in [-0.25, -0.2) is 0 Å². The SMILES string of the molecule is CC(C(F)(F)F)S(=O)(=O)O.CC(C(F)(F)F)S(=O)(=O)O.CC(O)CO. The van der Waals surface area contributed by atoms with Crippen LogP contribution in [-0.2, 0) is 20.2 Å². The van der Waals surface area contributed by atoms with Crippen molar-refractivity contribution in [3.05, 3.63) is 0 Å². The first-order valence-electron chi connectivity index (χ1n) is 5.93. The van der Waals surface area contributed by atoms with E-state index in [4.69, 9.17) is 19.3 Å². The van der Waals surface area contributed by atoms with Crippen LogP contribution in [0.5, 0.6) is 0 Å². The van der Waals surface area contributed by atoms with Gasteiger partial charge in [0, 0.05) is 0 Å². The topological polar surface area (TPSA) is 149 Å². The van der Waals surface area contributed by atoms with E-state index >= 15 is 0 Å². The first-order valence-corrected chi connectivity index (χ1v) is 8.94. The number of aliphatic hydroxyl groups is 2. The Morgan fingerprint density at radius 1 is 0.760 bits per heavy atom. The van der Waals surface area contributed by atoms with Gasteiger partial charge >= 0.3 is 12.4 Å². The molecule has 0 rings (SSSR count). The molecule has 4 N–H and O–H groups in total. The second kappa shape index (κ2) is 10.5. The quantitative estimate of drug-likeness (QED) is 0.381. The van der Waals surface area contributed by atoms with Crippen molar-refractivity contribution in [3.63, 3.8) is 0 Å². The van der Waals surface area contributed by atoms with Crippen molar-refractivity contribution in [1.82, 2.24) is 0 Å². The van der Waals surface area contributed by atoms with Crippen LogP contribution in [0.15, 0.2) is 0 Å². The van der Waals surface area contributed by atoms with Gasteiger partial charge in [-0.1, -0.05) is 0 Å². The number of aliphatic hydroxyl groups excluding tert-OH is 2. The summed E-state index contributed by atoms with van der Waals surface area (Å²) in [5, 5.41) is 10.6. The second-order valence-corrected chi connectivity index (χ2v) is 7.90. The van der Waals surface area contributed by atoms with Gasteiger partial charge in [0.1, 0.15) is 0 Å². The van der Waals surface area contributed by atoms with Crippen molar-refractivity contribution in [2.75, 3.05) is 6.61 Å². The van der Waals surface area contributed by atoms with E-state index in [-0.39, 0.29) is 6.61 Å². The van der Waals surface area contributed by atoms with Gasteiger partial charge in [0.15, 0.2) is 10.5 Å². The highest BCUT2D eigenvalue weighted by atomic mass is 32.2. The van der Waals surface area contributed by atoms with Crippen molar-refractivity contribution < 1.29 is 62.5 Å². The predicted octanol–water partition coefficient (Wildman–Crippen LogP) is 1.01. The second-order valence-electron chi connectivity index (χ2n) is 4.43. The lowest BCUT2D eigenvalue weighted by Gasteiger charge is -2.10. The molecule has 0 aromatic heterocycles. The molecule has 0 aromatic carbocycles. The Morgan fingerprint density at radius 3 is 0.920 bits per heavy atom. The van der Waals surface area contributed by atoms with Crippen LogP contribution in [0.4, 0.5) is 26.3 Å². The van der Waals surface area contributed by atoms with E-state index in [1.165, 1.54) is 6.92 Å². The summed E-state index contributed by atoms with van der Waals surface area (Å²) in [7, 11) is -9.97. The van der Waals surface area contributed by atoms with Crippen LogP contribution in [-0.4, -0.2) is 71.7 Å². The monoisotopic (exact) mass is 432 g/mol. The highest BCUT2D eigenvalue weighted by Gasteiger charge is 2.45. The summed E-state index contributed by atoms with van der Waals surface area (Å²) in [5.41, 5.74) is 0. The van der Waals surface area contributed by atoms with Gasteiger partial charge in [0.2, 0.25) is 0 Å². The standard InChI is InChI=1S/2C3H5F3O3S.C3H8O2/c2*1-2(3(4,5)6)10(7,8)9;1-3(5)2-4/h2*2H,1H3,(H,7,8,9);3-5H,2H2,1H3. The predicted molar refractivity (Wildman–Crippen MR) is 72.9 cm³/mol. The van der Waals surface area contributed by atoms with Gasteiger partial charge in [0.25, 0.3) is 20.2 Å². The van der Waals surface area contributed by atoms with Gasteiger partial charge in [-0.05, 0) is 20.8 Å². The Balaban J connectivity index is -0.000000308. The van der Waals surface area contributed by atoms with Crippen LogP contribution < -0.4 is 0 Å². The fraction of sp³-hybridized carbons (Fsp3) is 1.00. The van der Waals surface area contributed by atoms with E-state index in [2.05, 4.69) is 0 Å². The maximum absolute atomic E-state index is 11.4. The summed E-state index contributed by atoms with van der Waals surface area (Å²) in [6, 6.07) is 0. The minimum absolute atomic E-state index is 0.139. The lowest BCUT2D eigenvalue weighted by atomic mass is 10.5. The first kappa shape index (κ1) is 29.1. The fourth-order valence-electron chi connectivity index (χ4n) is 0.338.